The second-order valence-corrected chi connectivity index (χ2v) is 8.46. The van der Waals surface area contributed by atoms with Gasteiger partial charge < -0.3 is 0 Å². The van der Waals surface area contributed by atoms with Crippen LogP contribution in [-0.2, 0) is 30.4 Å². The fourth-order valence-corrected chi connectivity index (χ4v) is 3.68. The van der Waals surface area contributed by atoms with E-state index >= 15 is 0 Å². The summed E-state index contributed by atoms with van der Waals surface area (Å²) in [6.45, 7) is 0. The summed E-state index contributed by atoms with van der Waals surface area (Å²) in [5, 5.41) is -0.430. The van der Waals surface area contributed by atoms with Crippen molar-refractivity contribution in [2.24, 2.45) is 0 Å². The van der Waals surface area contributed by atoms with Crippen LogP contribution in [0.25, 0.3) is 10.8 Å². The van der Waals surface area contributed by atoms with E-state index in [9.17, 15) is 25.3 Å². The molecule has 2 aromatic rings. The van der Waals surface area contributed by atoms with Crippen molar-refractivity contribution < 1.29 is 38.9 Å². The molecule has 0 fully saturated rings. The van der Waals surface area contributed by atoms with Gasteiger partial charge in [-0.25, -0.2) is 0 Å². The molecule has 0 saturated carbocycles. The van der Waals surface area contributed by atoms with Gasteiger partial charge in [-0.3, -0.25) is 13.7 Å². The number of hydrogen-bond acceptors (Lipinski definition) is 6. The van der Waals surface area contributed by atoms with Crippen LogP contribution in [0, 0.1) is 0 Å². The van der Waals surface area contributed by atoms with Crippen molar-refractivity contribution in [1.82, 2.24) is 0 Å². The molecule has 0 radical (unpaired) electrons. The fourth-order valence-electron chi connectivity index (χ4n) is 1.81. The molecule has 0 unspecified atom stereocenters. The molecule has 0 aromatic heterocycles. The predicted molar refractivity (Wildman–Crippen MR) is 80.5 cm³/mol. The fraction of sp³-hybridized carbons (Fsp3) is 0. The molecule has 0 aliphatic heterocycles. The summed E-state index contributed by atoms with van der Waals surface area (Å²) in [5.74, 6) is 0. The van der Waals surface area contributed by atoms with Gasteiger partial charge >= 0.3 is 18.9 Å². The average molecular weight is 376 g/mol. The van der Waals surface area contributed by atoms with Crippen LogP contribution < -0.4 is 0 Å². The first-order chi connectivity index (χ1) is 9.80. The summed E-state index contributed by atoms with van der Waals surface area (Å²) >= 11 is 0. The van der Waals surface area contributed by atoms with Gasteiger partial charge in [0.1, 0.15) is 4.90 Å². The Hall–Kier alpha value is -0.973. The number of benzene rings is 2. The quantitative estimate of drug-likeness (QED) is 0.491. The van der Waals surface area contributed by atoms with Crippen molar-refractivity contribution in [3.63, 3.8) is 0 Å². The molecule has 3 N–H and O–H groups in total. The Morgan fingerprint density at radius 3 is 1.57 bits per heavy atom. The summed E-state index contributed by atoms with van der Waals surface area (Å²) < 4.78 is 94.1. The zero-order valence-electron chi connectivity index (χ0n) is 10.4. The van der Waals surface area contributed by atoms with E-state index in [1.807, 2.05) is 0 Å². The van der Waals surface area contributed by atoms with Crippen LogP contribution in [0.15, 0.2) is 45.0 Å². The van der Waals surface area contributed by atoms with Crippen molar-refractivity contribution in [2.45, 2.75) is 14.7 Å². The molecule has 2 rings (SSSR count). The molecular weight excluding hydrogens is 367 g/mol. The van der Waals surface area contributed by atoms with Gasteiger partial charge in [0.25, 0.3) is 30.4 Å². The van der Waals surface area contributed by atoms with Gasteiger partial charge in [0.15, 0.2) is 0 Å². The summed E-state index contributed by atoms with van der Waals surface area (Å²) in [6, 6.07) is 3.97. The Morgan fingerprint density at radius 2 is 1.13 bits per heavy atom. The van der Waals surface area contributed by atoms with Gasteiger partial charge in [-0.2, -0.15) is 25.3 Å². The van der Waals surface area contributed by atoms with E-state index in [2.05, 4.69) is 0 Å². The molecule has 0 aliphatic rings. The Bertz CT molecular complexity index is 1080. The molecule has 0 aliphatic carbocycles. The zero-order chi connectivity index (χ0) is 16.9. The third-order valence-electron chi connectivity index (χ3n) is 2.73. The molecule has 13 heteroatoms. The van der Waals surface area contributed by atoms with Gasteiger partial charge in [0, 0.05) is 5.39 Å². The van der Waals surface area contributed by atoms with Gasteiger partial charge in [0.05, 0.1) is 9.79 Å². The van der Waals surface area contributed by atoms with Crippen molar-refractivity contribution in [2.75, 3.05) is 0 Å². The number of fused-ring (bicyclic) bond motifs is 1. The first-order valence-corrected chi connectivity index (χ1v) is 9.62. The van der Waals surface area contributed by atoms with Crippen LogP contribution in [0.3, 0.4) is 0 Å². The van der Waals surface area contributed by atoms with E-state index in [1.54, 1.807) is 0 Å². The van der Waals surface area contributed by atoms with Crippen molar-refractivity contribution in [3.8, 4) is 0 Å². The van der Waals surface area contributed by atoms with Crippen LogP contribution in [0.2, 0.25) is 0 Å². The normalized spacial score (nSPS) is 12.8. The zero-order valence-corrected chi connectivity index (χ0v) is 12.9. The second-order valence-electron chi connectivity index (χ2n) is 4.23. The minimum absolute atomic E-state index is 0. The van der Waals surface area contributed by atoms with Gasteiger partial charge in [-0.1, -0.05) is 6.07 Å². The van der Waals surface area contributed by atoms with Crippen LogP contribution in [0.5, 0.6) is 0 Å². The molecule has 122 valence electrons. The van der Waals surface area contributed by atoms with E-state index in [1.165, 1.54) is 0 Å². The van der Waals surface area contributed by atoms with Gasteiger partial charge in [-0.05, 0) is 29.7 Å². The van der Waals surface area contributed by atoms with Crippen LogP contribution in [0.1, 0.15) is 0 Å². The third-order valence-corrected chi connectivity index (χ3v) is 5.31. The Morgan fingerprint density at radius 1 is 0.652 bits per heavy atom. The van der Waals surface area contributed by atoms with Gasteiger partial charge in [0.2, 0.25) is 0 Å². The minimum atomic E-state index is -4.85. The molecule has 23 heavy (non-hydrogen) atoms. The van der Waals surface area contributed by atoms with Crippen molar-refractivity contribution >= 4 is 60.0 Å². The first-order valence-electron chi connectivity index (χ1n) is 5.30. The standard InChI is InChI=1S/C10H8O9S3.Li.H/c11-20(12,13)7-1-2-9-6(3-7)4-8(21(14,15)16)5-10(9)22(17,18)19;;/h1-5H,(H,11,12,13)(H,14,15,16)(H,17,18,19);;. The number of hydrogen-bond donors (Lipinski definition) is 3. The SMILES string of the molecule is O=S(=O)(O)c1ccc2c(S(=O)(=O)O)cc(S(=O)(=O)O)cc2c1.[LiH]. The van der Waals surface area contributed by atoms with Crippen molar-refractivity contribution in [1.29, 1.82) is 0 Å². The van der Waals surface area contributed by atoms with Crippen LogP contribution in [0.4, 0.5) is 0 Å². The van der Waals surface area contributed by atoms with E-state index < -0.39 is 45.0 Å². The van der Waals surface area contributed by atoms with E-state index in [0.717, 1.165) is 24.3 Å². The first kappa shape index (κ1) is 20.1. The summed E-state index contributed by atoms with van der Waals surface area (Å²) in [6.07, 6.45) is 0. The second kappa shape index (κ2) is 6.15. The summed E-state index contributed by atoms with van der Waals surface area (Å²) in [7, 11) is -14.3. The Labute approximate surface area is 143 Å². The van der Waals surface area contributed by atoms with E-state index in [4.69, 9.17) is 13.7 Å². The predicted octanol–water partition coefficient (Wildman–Crippen LogP) is -0.0686. The topological polar surface area (TPSA) is 163 Å². The molecule has 0 spiro atoms. The molecule has 0 amide bonds. The van der Waals surface area contributed by atoms with Gasteiger partial charge in [-0.15, -0.1) is 0 Å². The molecule has 0 atom stereocenters. The summed E-state index contributed by atoms with van der Waals surface area (Å²) in [4.78, 5) is -2.31. The molecule has 0 bridgehead atoms. The Balaban J connectivity index is 0.00000264. The molecule has 0 saturated heterocycles. The average Bonchev–Trinajstić information content (AvgIpc) is 2.33. The monoisotopic (exact) mass is 376 g/mol. The molecule has 0 heterocycles. The van der Waals surface area contributed by atoms with Crippen LogP contribution in [-0.4, -0.2) is 57.8 Å². The third kappa shape index (κ3) is 4.31. The van der Waals surface area contributed by atoms with E-state index in [0.29, 0.717) is 6.07 Å². The maximum absolute atomic E-state index is 11.3. The molecular formula is C10H9LiO9S3. The number of rotatable bonds is 3. The molecule has 9 nitrogen and oxygen atoms in total. The molecule has 2 aromatic carbocycles. The summed E-state index contributed by atoms with van der Waals surface area (Å²) in [5.41, 5.74) is 0. The Kier molecular flexibility index (Phi) is 5.37. The van der Waals surface area contributed by atoms with E-state index in [-0.39, 0.29) is 29.6 Å². The van der Waals surface area contributed by atoms with Crippen LogP contribution >= 0.6 is 0 Å². The maximum atomic E-state index is 11.3. The van der Waals surface area contributed by atoms with Crippen molar-refractivity contribution in [3.05, 3.63) is 30.3 Å².